The number of nitrogens with zero attached hydrogens (tertiary/aromatic N) is 3. The van der Waals surface area contributed by atoms with E-state index in [-0.39, 0.29) is 5.91 Å². The quantitative estimate of drug-likeness (QED) is 0.639. The molecule has 1 N–H and O–H groups in total. The van der Waals surface area contributed by atoms with E-state index in [1.807, 2.05) is 36.4 Å². The highest BCUT2D eigenvalue weighted by atomic mass is 16.5. The third-order valence-electron chi connectivity index (χ3n) is 4.28. The molecule has 3 aromatic rings. The van der Waals surface area contributed by atoms with Gasteiger partial charge in [-0.1, -0.05) is 31.2 Å². The lowest BCUT2D eigenvalue weighted by Gasteiger charge is -2.14. The zero-order valence-electron chi connectivity index (χ0n) is 15.8. The average molecular weight is 378 g/mol. The van der Waals surface area contributed by atoms with Crippen LogP contribution in [0.1, 0.15) is 35.3 Å². The fourth-order valence-electron chi connectivity index (χ4n) is 2.60. The summed E-state index contributed by atoms with van der Waals surface area (Å²) < 4.78 is 6.97. The summed E-state index contributed by atoms with van der Waals surface area (Å²) in [5.74, 6) is -0.920. The number of nitrogens with one attached hydrogen (secondary N) is 1. The number of ether oxygens (including phenoxy) is 1. The predicted molar refractivity (Wildman–Crippen MR) is 105 cm³/mol. The highest BCUT2D eigenvalue weighted by molar-refractivity contribution is 5.97. The molecule has 1 atom stereocenters. The number of carbonyl (C=O) groups excluding carboxylic acids is 2. The lowest BCUT2D eigenvalue weighted by molar-refractivity contribution is -0.123. The van der Waals surface area contributed by atoms with E-state index in [0.717, 1.165) is 12.0 Å². The number of anilines is 1. The molecule has 0 radical (unpaired) electrons. The molecule has 28 heavy (non-hydrogen) atoms. The van der Waals surface area contributed by atoms with E-state index in [2.05, 4.69) is 22.3 Å². The fraction of sp³-hybridized carbons (Fsp3) is 0.238. The molecule has 1 unspecified atom stereocenters. The van der Waals surface area contributed by atoms with Crippen LogP contribution in [0.15, 0.2) is 61.2 Å². The van der Waals surface area contributed by atoms with Crippen LogP contribution in [-0.4, -0.2) is 32.7 Å². The van der Waals surface area contributed by atoms with Crippen molar-refractivity contribution in [3.63, 3.8) is 0 Å². The summed E-state index contributed by atoms with van der Waals surface area (Å²) in [6.07, 6.45) is 3.11. The molecule has 0 aliphatic rings. The number of benzene rings is 2. The zero-order valence-corrected chi connectivity index (χ0v) is 15.8. The van der Waals surface area contributed by atoms with Crippen molar-refractivity contribution >= 4 is 17.6 Å². The van der Waals surface area contributed by atoms with Gasteiger partial charge in [0.25, 0.3) is 5.91 Å². The second-order valence-electron chi connectivity index (χ2n) is 6.38. The Hall–Kier alpha value is -3.48. The second-order valence-corrected chi connectivity index (χ2v) is 6.38. The summed E-state index contributed by atoms with van der Waals surface area (Å²) in [6, 6.07) is 14.5. The van der Waals surface area contributed by atoms with Gasteiger partial charge < -0.3 is 10.1 Å². The fourth-order valence-corrected chi connectivity index (χ4v) is 2.60. The van der Waals surface area contributed by atoms with Crippen LogP contribution in [0.5, 0.6) is 0 Å². The molecule has 0 saturated carbocycles. The summed E-state index contributed by atoms with van der Waals surface area (Å²) in [7, 11) is 0. The molecule has 0 saturated heterocycles. The van der Waals surface area contributed by atoms with Crippen molar-refractivity contribution in [2.24, 2.45) is 0 Å². The van der Waals surface area contributed by atoms with Gasteiger partial charge in [0.05, 0.1) is 12.1 Å². The number of hydrogen-bond donors (Lipinski definition) is 1. The van der Waals surface area contributed by atoms with Crippen molar-refractivity contribution in [1.29, 1.82) is 0 Å². The van der Waals surface area contributed by atoms with E-state index in [1.165, 1.54) is 11.9 Å². The van der Waals surface area contributed by atoms with Crippen LogP contribution in [0.2, 0.25) is 0 Å². The number of hydrogen-bond acceptors (Lipinski definition) is 5. The van der Waals surface area contributed by atoms with E-state index in [0.29, 0.717) is 17.8 Å². The number of aryl methyl sites for hydroxylation is 1. The SMILES string of the molecule is CCc1ccc(NC(=O)C(C)OC(=O)c2ccc(Cn3cncn3)cc2)cc1. The number of carbonyl (C=O) groups is 2. The Morgan fingerprint density at radius 1 is 1.07 bits per heavy atom. The maximum absolute atomic E-state index is 12.3. The minimum Gasteiger partial charge on any atom is -0.449 e. The normalized spacial score (nSPS) is 11.6. The van der Waals surface area contributed by atoms with Crippen molar-refractivity contribution in [2.75, 3.05) is 5.32 Å². The molecule has 144 valence electrons. The third kappa shape index (κ3) is 5.03. The summed E-state index contributed by atoms with van der Waals surface area (Å²) in [5.41, 5.74) is 3.21. The number of aromatic nitrogens is 3. The number of esters is 1. The van der Waals surface area contributed by atoms with Crippen LogP contribution in [0.3, 0.4) is 0 Å². The number of amides is 1. The monoisotopic (exact) mass is 378 g/mol. The van der Waals surface area contributed by atoms with Crippen LogP contribution >= 0.6 is 0 Å². The van der Waals surface area contributed by atoms with E-state index in [9.17, 15) is 9.59 Å². The van der Waals surface area contributed by atoms with Crippen molar-refractivity contribution in [3.8, 4) is 0 Å². The standard InChI is InChI=1S/C21H22N4O3/c1-3-16-6-10-19(11-7-16)24-20(26)15(2)28-21(27)18-8-4-17(5-9-18)12-25-14-22-13-23-25/h4-11,13-15H,3,12H2,1-2H3,(H,24,26). The summed E-state index contributed by atoms with van der Waals surface area (Å²) in [5, 5.41) is 6.79. The van der Waals surface area contributed by atoms with Gasteiger partial charge in [0.1, 0.15) is 12.7 Å². The van der Waals surface area contributed by atoms with Gasteiger partial charge in [-0.2, -0.15) is 5.10 Å². The van der Waals surface area contributed by atoms with E-state index < -0.39 is 12.1 Å². The molecule has 7 nitrogen and oxygen atoms in total. The molecule has 1 heterocycles. The van der Waals surface area contributed by atoms with Crippen LogP contribution in [-0.2, 0) is 22.5 Å². The van der Waals surface area contributed by atoms with Gasteiger partial charge in [-0.25, -0.2) is 14.5 Å². The van der Waals surface area contributed by atoms with Crippen molar-refractivity contribution in [2.45, 2.75) is 32.9 Å². The molecular weight excluding hydrogens is 356 g/mol. The lowest BCUT2D eigenvalue weighted by Crippen LogP contribution is -2.30. The molecule has 2 aromatic carbocycles. The van der Waals surface area contributed by atoms with E-state index in [4.69, 9.17) is 4.74 Å². The van der Waals surface area contributed by atoms with Crippen molar-refractivity contribution in [1.82, 2.24) is 14.8 Å². The molecular formula is C21H22N4O3. The Morgan fingerprint density at radius 2 is 1.75 bits per heavy atom. The average Bonchev–Trinajstić information content (AvgIpc) is 3.22. The first-order chi connectivity index (χ1) is 13.5. The Kier molecular flexibility index (Phi) is 6.16. The van der Waals surface area contributed by atoms with Crippen LogP contribution in [0, 0.1) is 0 Å². The molecule has 1 aromatic heterocycles. The Balaban J connectivity index is 1.54. The van der Waals surface area contributed by atoms with Gasteiger partial charge in [-0.05, 0) is 48.7 Å². The second kappa shape index (κ2) is 8.94. The van der Waals surface area contributed by atoms with E-state index in [1.54, 1.807) is 30.1 Å². The smallest absolute Gasteiger partial charge is 0.338 e. The largest absolute Gasteiger partial charge is 0.449 e. The van der Waals surface area contributed by atoms with Crippen LogP contribution < -0.4 is 5.32 Å². The van der Waals surface area contributed by atoms with Crippen LogP contribution in [0.25, 0.3) is 0 Å². The first-order valence-corrected chi connectivity index (χ1v) is 9.07. The predicted octanol–water partition coefficient (Wildman–Crippen LogP) is 3.07. The van der Waals surface area contributed by atoms with Crippen LogP contribution in [0.4, 0.5) is 5.69 Å². The molecule has 7 heteroatoms. The number of rotatable bonds is 7. The van der Waals surface area contributed by atoms with Gasteiger partial charge >= 0.3 is 5.97 Å². The highest BCUT2D eigenvalue weighted by Crippen LogP contribution is 2.12. The van der Waals surface area contributed by atoms with E-state index >= 15 is 0 Å². The molecule has 0 aliphatic heterocycles. The van der Waals surface area contributed by atoms with Crippen molar-refractivity contribution in [3.05, 3.63) is 77.9 Å². The summed E-state index contributed by atoms with van der Waals surface area (Å²) in [6.45, 7) is 4.17. The zero-order chi connectivity index (χ0) is 19.9. The minimum absolute atomic E-state index is 0.375. The summed E-state index contributed by atoms with van der Waals surface area (Å²) in [4.78, 5) is 28.4. The summed E-state index contributed by atoms with van der Waals surface area (Å²) >= 11 is 0. The highest BCUT2D eigenvalue weighted by Gasteiger charge is 2.19. The van der Waals surface area contributed by atoms with Crippen molar-refractivity contribution < 1.29 is 14.3 Å². The maximum atomic E-state index is 12.3. The van der Waals surface area contributed by atoms with Gasteiger partial charge in [0.2, 0.25) is 0 Å². The first-order valence-electron chi connectivity index (χ1n) is 9.07. The topological polar surface area (TPSA) is 86.1 Å². The van der Waals surface area contributed by atoms with Gasteiger partial charge in [0.15, 0.2) is 6.10 Å². The Bertz CT molecular complexity index is 919. The van der Waals surface area contributed by atoms with Gasteiger partial charge in [-0.15, -0.1) is 0 Å². The molecule has 0 fully saturated rings. The minimum atomic E-state index is -0.909. The Morgan fingerprint density at radius 3 is 2.36 bits per heavy atom. The molecule has 0 spiro atoms. The van der Waals surface area contributed by atoms with Gasteiger partial charge in [-0.3, -0.25) is 4.79 Å². The maximum Gasteiger partial charge on any atom is 0.338 e. The first kappa shape index (κ1) is 19.3. The molecule has 1 amide bonds. The third-order valence-corrected chi connectivity index (χ3v) is 4.28. The van der Waals surface area contributed by atoms with Gasteiger partial charge in [0, 0.05) is 5.69 Å². The Labute approximate surface area is 163 Å². The lowest BCUT2D eigenvalue weighted by atomic mass is 10.1. The molecule has 0 aliphatic carbocycles. The molecule has 0 bridgehead atoms. The molecule has 3 rings (SSSR count).